The van der Waals surface area contributed by atoms with Gasteiger partial charge in [0.05, 0.1) is 23.8 Å². The van der Waals surface area contributed by atoms with Crippen molar-refractivity contribution in [1.82, 2.24) is 14.9 Å². The van der Waals surface area contributed by atoms with E-state index in [0.717, 1.165) is 25.7 Å². The molecule has 1 saturated carbocycles. The third-order valence-electron chi connectivity index (χ3n) is 6.16. The van der Waals surface area contributed by atoms with Crippen molar-refractivity contribution in [3.63, 3.8) is 0 Å². The molecule has 0 atom stereocenters. The number of carbonyl (C=O) groups is 2. The maximum Gasteiger partial charge on any atom is 0.273 e. The zero-order valence-electron chi connectivity index (χ0n) is 19.4. The molecular weight excluding hydrogens is 432 g/mol. The van der Waals surface area contributed by atoms with Gasteiger partial charge in [-0.1, -0.05) is 43.5 Å². The molecule has 2 aromatic carbocycles. The van der Waals surface area contributed by atoms with Gasteiger partial charge in [0.1, 0.15) is 18.0 Å². The first-order valence-electron chi connectivity index (χ1n) is 11.8. The average Bonchev–Trinajstić information content (AvgIpc) is 2.85. The molecule has 2 amide bonds. The van der Waals surface area contributed by atoms with Crippen LogP contribution in [0.25, 0.3) is 11.0 Å². The summed E-state index contributed by atoms with van der Waals surface area (Å²) in [5, 5.41) is 5.89. The molecule has 1 heterocycles. The number of hydrogen-bond donors (Lipinski definition) is 2. The average molecular weight is 463 g/mol. The van der Waals surface area contributed by atoms with Crippen LogP contribution in [0.2, 0.25) is 0 Å². The van der Waals surface area contributed by atoms with E-state index >= 15 is 0 Å². The fourth-order valence-electron chi connectivity index (χ4n) is 4.43. The summed E-state index contributed by atoms with van der Waals surface area (Å²) in [7, 11) is 1.53. The normalized spacial score (nSPS) is 14.0. The molecule has 1 aliphatic rings. The van der Waals surface area contributed by atoms with Gasteiger partial charge in [0.25, 0.3) is 5.56 Å². The van der Waals surface area contributed by atoms with Gasteiger partial charge in [-0.3, -0.25) is 19.0 Å². The Morgan fingerprint density at radius 3 is 2.56 bits per heavy atom. The zero-order chi connectivity index (χ0) is 23.9. The number of para-hydroxylation sites is 4. The van der Waals surface area contributed by atoms with Crippen molar-refractivity contribution in [2.75, 3.05) is 12.4 Å². The third kappa shape index (κ3) is 5.62. The van der Waals surface area contributed by atoms with Gasteiger partial charge in [-0.25, -0.2) is 4.98 Å². The summed E-state index contributed by atoms with van der Waals surface area (Å²) in [6.45, 7) is -0.179. The number of nitrogens with zero attached hydrogens (tertiary/aromatic N) is 2. The highest BCUT2D eigenvalue weighted by Gasteiger charge is 2.18. The van der Waals surface area contributed by atoms with Crippen molar-refractivity contribution < 1.29 is 14.3 Å². The summed E-state index contributed by atoms with van der Waals surface area (Å²) in [6.07, 6.45) is 5.91. The lowest BCUT2D eigenvalue weighted by Gasteiger charge is -2.22. The van der Waals surface area contributed by atoms with Gasteiger partial charge in [0.15, 0.2) is 0 Å². The molecule has 0 spiro atoms. The van der Waals surface area contributed by atoms with E-state index in [1.807, 2.05) is 12.1 Å². The SMILES string of the molecule is COc1ccccc1NC(=O)Cn1c(=O)c(CCC(=O)NC2CCCCC2)nc2ccccc21. The van der Waals surface area contributed by atoms with E-state index in [4.69, 9.17) is 4.74 Å². The van der Waals surface area contributed by atoms with E-state index in [1.165, 1.54) is 18.1 Å². The number of aryl methyl sites for hydroxylation is 1. The molecule has 0 bridgehead atoms. The highest BCUT2D eigenvalue weighted by molar-refractivity contribution is 5.93. The van der Waals surface area contributed by atoms with E-state index in [1.54, 1.807) is 36.4 Å². The molecule has 178 valence electrons. The lowest BCUT2D eigenvalue weighted by Crippen LogP contribution is -2.37. The molecule has 2 N–H and O–H groups in total. The first-order chi connectivity index (χ1) is 16.5. The molecule has 3 aromatic rings. The van der Waals surface area contributed by atoms with Crippen molar-refractivity contribution in [2.24, 2.45) is 0 Å². The van der Waals surface area contributed by atoms with Gasteiger partial charge in [-0.05, 0) is 37.1 Å². The Labute approximate surface area is 198 Å². The van der Waals surface area contributed by atoms with Crippen LogP contribution in [-0.4, -0.2) is 34.5 Å². The molecule has 0 saturated heterocycles. The van der Waals surface area contributed by atoms with E-state index in [-0.39, 0.29) is 48.5 Å². The first kappa shape index (κ1) is 23.5. The number of methoxy groups -OCH3 is 1. The smallest absolute Gasteiger partial charge is 0.273 e. The number of hydrogen-bond acceptors (Lipinski definition) is 5. The second-order valence-corrected chi connectivity index (χ2v) is 8.59. The van der Waals surface area contributed by atoms with Gasteiger partial charge in [-0.2, -0.15) is 0 Å². The second-order valence-electron chi connectivity index (χ2n) is 8.59. The lowest BCUT2D eigenvalue weighted by molar-refractivity contribution is -0.122. The molecule has 1 aliphatic carbocycles. The van der Waals surface area contributed by atoms with Gasteiger partial charge in [0, 0.05) is 18.9 Å². The maximum absolute atomic E-state index is 13.3. The quantitative estimate of drug-likeness (QED) is 0.534. The van der Waals surface area contributed by atoms with Crippen LogP contribution in [-0.2, 0) is 22.6 Å². The summed E-state index contributed by atoms with van der Waals surface area (Å²) in [5.74, 6) is 0.109. The highest BCUT2D eigenvalue weighted by atomic mass is 16.5. The summed E-state index contributed by atoms with van der Waals surface area (Å²) < 4.78 is 6.71. The van der Waals surface area contributed by atoms with Crippen molar-refractivity contribution >= 4 is 28.5 Å². The lowest BCUT2D eigenvalue weighted by atomic mass is 9.95. The second kappa shape index (κ2) is 11.0. The predicted octanol–water partition coefficient (Wildman–Crippen LogP) is 3.43. The number of amides is 2. The summed E-state index contributed by atoms with van der Waals surface area (Å²) in [5.41, 5.74) is 1.62. The number of carbonyl (C=O) groups excluding carboxylic acids is 2. The Morgan fingerprint density at radius 2 is 1.76 bits per heavy atom. The Balaban J connectivity index is 1.52. The van der Waals surface area contributed by atoms with Crippen molar-refractivity contribution in [2.45, 2.75) is 57.5 Å². The fourth-order valence-corrected chi connectivity index (χ4v) is 4.43. The number of ether oxygens (including phenoxy) is 1. The molecular formula is C26H30N4O4. The number of nitrogens with one attached hydrogen (secondary N) is 2. The van der Waals surface area contributed by atoms with E-state index < -0.39 is 0 Å². The number of rotatable bonds is 8. The number of benzene rings is 2. The summed E-state index contributed by atoms with van der Waals surface area (Å²) in [4.78, 5) is 43.1. The topological polar surface area (TPSA) is 102 Å². The van der Waals surface area contributed by atoms with E-state index in [9.17, 15) is 14.4 Å². The zero-order valence-corrected chi connectivity index (χ0v) is 19.4. The van der Waals surface area contributed by atoms with Crippen LogP contribution in [0.4, 0.5) is 5.69 Å². The molecule has 8 heteroatoms. The number of fused-ring (bicyclic) bond motifs is 1. The minimum absolute atomic E-state index is 0.0678. The van der Waals surface area contributed by atoms with Gasteiger partial charge in [-0.15, -0.1) is 0 Å². The molecule has 8 nitrogen and oxygen atoms in total. The molecule has 4 rings (SSSR count). The van der Waals surface area contributed by atoms with Crippen LogP contribution < -0.4 is 20.9 Å². The molecule has 0 radical (unpaired) electrons. The van der Waals surface area contributed by atoms with Crippen molar-refractivity contribution in [1.29, 1.82) is 0 Å². The highest BCUT2D eigenvalue weighted by Crippen LogP contribution is 2.23. The Morgan fingerprint density at radius 1 is 1.03 bits per heavy atom. The van der Waals surface area contributed by atoms with Crippen LogP contribution in [0.1, 0.15) is 44.2 Å². The Bertz CT molecular complexity index is 1230. The van der Waals surface area contributed by atoms with Gasteiger partial charge < -0.3 is 15.4 Å². The standard InChI is InChI=1S/C26H30N4O4/c1-34-23-14-8-6-12-20(23)29-25(32)17-30-22-13-7-5-11-19(22)28-21(26(30)33)15-16-24(31)27-18-9-3-2-4-10-18/h5-8,11-14,18H,2-4,9-10,15-17H2,1H3,(H,27,31)(H,29,32). The van der Waals surface area contributed by atoms with Crippen molar-refractivity contribution in [3.8, 4) is 5.75 Å². The van der Waals surface area contributed by atoms with Crippen LogP contribution in [0, 0.1) is 0 Å². The van der Waals surface area contributed by atoms with Crippen LogP contribution in [0.5, 0.6) is 5.75 Å². The molecule has 0 unspecified atom stereocenters. The fraction of sp³-hybridized carbons (Fsp3) is 0.385. The first-order valence-corrected chi connectivity index (χ1v) is 11.8. The molecule has 1 fully saturated rings. The third-order valence-corrected chi connectivity index (χ3v) is 6.16. The number of aromatic nitrogens is 2. The molecule has 34 heavy (non-hydrogen) atoms. The monoisotopic (exact) mass is 462 g/mol. The van der Waals surface area contributed by atoms with Crippen molar-refractivity contribution in [3.05, 3.63) is 64.6 Å². The summed E-state index contributed by atoms with van der Waals surface area (Å²) >= 11 is 0. The molecule has 0 aliphatic heterocycles. The van der Waals surface area contributed by atoms with Crippen LogP contribution in [0.3, 0.4) is 0 Å². The Hall–Kier alpha value is -3.68. The largest absolute Gasteiger partial charge is 0.495 e. The minimum atomic E-state index is -0.362. The number of anilines is 1. The minimum Gasteiger partial charge on any atom is -0.495 e. The molecule has 1 aromatic heterocycles. The maximum atomic E-state index is 13.3. The van der Waals surface area contributed by atoms with Crippen LogP contribution >= 0.6 is 0 Å². The Kier molecular flexibility index (Phi) is 7.57. The predicted molar refractivity (Wildman–Crippen MR) is 131 cm³/mol. The summed E-state index contributed by atoms with van der Waals surface area (Å²) in [6, 6.07) is 14.5. The van der Waals surface area contributed by atoms with E-state index in [2.05, 4.69) is 15.6 Å². The van der Waals surface area contributed by atoms with Gasteiger partial charge >= 0.3 is 0 Å². The van der Waals surface area contributed by atoms with Gasteiger partial charge in [0.2, 0.25) is 11.8 Å². The van der Waals surface area contributed by atoms with E-state index in [0.29, 0.717) is 22.5 Å². The van der Waals surface area contributed by atoms with Crippen LogP contribution in [0.15, 0.2) is 53.3 Å².